The van der Waals surface area contributed by atoms with Gasteiger partial charge in [-0.2, -0.15) is 5.26 Å². The number of aliphatic hydroxyl groups is 1. The summed E-state index contributed by atoms with van der Waals surface area (Å²) in [6, 6.07) is 17.5. The van der Waals surface area contributed by atoms with Gasteiger partial charge in [0.15, 0.2) is 0 Å². The highest BCUT2D eigenvalue weighted by Gasteiger charge is 2.07. The van der Waals surface area contributed by atoms with E-state index >= 15 is 0 Å². The molecule has 1 amide bonds. The molecular formula is C21H25N3O2. The minimum absolute atomic E-state index is 0.0341. The van der Waals surface area contributed by atoms with Gasteiger partial charge in [-0.05, 0) is 29.2 Å². The Morgan fingerprint density at radius 1 is 1.19 bits per heavy atom. The summed E-state index contributed by atoms with van der Waals surface area (Å²) in [7, 11) is 0. The maximum atomic E-state index is 11.5. The van der Waals surface area contributed by atoms with Crippen molar-refractivity contribution >= 4 is 5.91 Å². The van der Waals surface area contributed by atoms with Gasteiger partial charge < -0.3 is 10.4 Å². The molecule has 1 unspecified atom stereocenters. The Morgan fingerprint density at radius 3 is 2.62 bits per heavy atom. The highest BCUT2D eigenvalue weighted by atomic mass is 16.3. The Kier molecular flexibility index (Phi) is 7.81. The third kappa shape index (κ3) is 5.99. The Hall–Kier alpha value is -2.68. The molecule has 136 valence electrons. The molecule has 2 aromatic carbocycles. The summed E-state index contributed by atoms with van der Waals surface area (Å²) in [5.74, 6) is -0.0341. The van der Waals surface area contributed by atoms with E-state index in [9.17, 15) is 15.2 Å². The first-order valence-corrected chi connectivity index (χ1v) is 8.90. The van der Waals surface area contributed by atoms with Crippen molar-refractivity contribution in [2.24, 2.45) is 0 Å². The standard InChI is InChI=1S/C21H25N3O2/c1-2-3-8-20(25)24-15-21(26)23-14-16-9-11-17(12-10-16)19-7-5-4-6-18(19)13-22/h4-7,9-12,21,23,26H,2-3,8,14-15H2,1H3,(H,24,25). The minimum Gasteiger partial charge on any atom is -0.377 e. The molecule has 0 heterocycles. The lowest BCUT2D eigenvalue weighted by Gasteiger charge is -2.14. The quantitative estimate of drug-likeness (QED) is 0.606. The van der Waals surface area contributed by atoms with E-state index in [-0.39, 0.29) is 12.5 Å². The smallest absolute Gasteiger partial charge is 0.220 e. The van der Waals surface area contributed by atoms with Crippen LogP contribution in [0.2, 0.25) is 0 Å². The fourth-order valence-corrected chi connectivity index (χ4v) is 2.58. The van der Waals surface area contributed by atoms with Crippen LogP contribution in [0.1, 0.15) is 37.3 Å². The molecule has 0 aliphatic carbocycles. The topological polar surface area (TPSA) is 85.2 Å². The number of hydrogen-bond acceptors (Lipinski definition) is 4. The van der Waals surface area contributed by atoms with E-state index in [0.717, 1.165) is 29.5 Å². The van der Waals surface area contributed by atoms with Crippen molar-refractivity contribution in [3.05, 3.63) is 59.7 Å². The van der Waals surface area contributed by atoms with Crippen LogP contribution >= 0.6 is 0 Å². The van der Waals surface area contributed by atoms with Gasteiger partial charge in [-0.25, -0.2) is 0 Å². The molecule has 5 heteroatoms. The van der Waals surface area contributed by atoms with E-state index < -0.39 is 6.23 Å². The number of nitrogens with one attached hydrogen (secondary N) is 2. The molecule has 0 bridgehead atoms. The molecule has 5 nitrogen and oxygen atoms in total. The van der Waals surface area contributed by atoms with E-state index in [4.69, 9.17) is 0 Å². The molecule has 26 heavy (non-hydrogen) atoms. The van der Waals surface area contributed by atoms with Crippen LogP contribution in [0.4, 0.5) is 0 Å². The van der Waals surface area contributed by atoms with Crippen LogP contribution in [0.3, 0.4) is 0 Å². The van der Waals surface area contributed by atoms with Gasteiger partial charge in [0.2, 0.25) is 5.91 Å². The lowest BCUT2D eigenvalue weighted by Crippen LogP contribution is -2.40. The summed E-state index contributed by atoms with van der Waals surface area (Å²) in [6.45, 7) is 2.72. The number of hydrogen-bond donors (Lipinski definition) is 3. The third-order valence-corrected chi connectivity index (χ3v) is 4.10. The van der Waals surface area contributed by atoms with Gasteiger partial charge in [0, 0.05) is 13.0 Å². The van der Waals surface area contributed by atoms with Crippen molar-refractivity contribution in [3.63, 3.8) is 0 Å². The number of rotatable bonds is 9. The van der Waals surface area contributed by atoms with Crippen LogP contribution in [0.5, 0.6) is 0 Å². The fraction of sp³-hybridized carbons (Fsp3) is 0.333. The second kappa shape index (κ2) is 10.3. The molecule has 0 aliphatic heterocycles. The van der Waals surface area contributed by atoms with Crippen LogP contribution in [0.15, 0.2) is 48.5 Å². The summed E-state index contributed by atoms with van der Waals surface area (Å²) in [6.07, 6.45) is 1.54. The largest absolute Gasteiger partial charge is 0.377 e. The van der Waals surface area contributed by atoms with Crippen molar-refractivity contribution < 1.29 is 9.90 Å². The van der Waals surface area contributed by atoms with E-state index in [0.29, 0.717) is 18.5 Å². The zero-order valence-electron chi connectivity index (χ0n) is 15.0. The van der Waals surface area contributed by atoms with Crippen LogP contribution < -0.4 is 10.6 Å². The number of unbranched alkanes of at least 4 members (excludes halogenated alkanes) is 1. The second-order valence-electron chi connectivity index (χ2n) is 6.16. The molecule has 0 saturated carbocycles. The monoisotopic (exact) mass is 351 g/mol. The Labute approximate surface area is 154 Å². The minimum atomic E-state index is -0.792. The number of nitrogens with zero attached hydrogens (tertiary/aromatic N) is 1. The van der Waals surface area contributed by atoms with E-state index in [1.807, 2.05) is 49.4 Å². The molecule has 0 aliphatic rings. The van der Waals surface area contributed by atoms with Gasteiger partial charge >= 0.3 is 0 Å². The van der Waals surface area contributed by atoms with E-state index in [2.05, 4.69) is 16.7 Å². The number of benzene rings is 2. The van der Waals surface area contributed by atoms with Crippen molar-refractivity contribution in [1.29, 1.82) is 5.26 Å². The molecule has 3 N–H and O–H groups in total. The predicted octanol–water partition coefficient (Wildman–Crippen LogP) is 2.94. The highest BCUT2D eigenvalue weighted by Crippen LogP contribution is 2.23. The molecular weight excluding hydrogens is 326 g/mol. The van der Waals surface area contributed by atoms with E-state index in [1.165, 1.54) is 0 Å². The number of amides is 1. The summed E-state index contributed by atoms with van der Waals surface area (Å²) in [4.78, 5) is 11.5. The first kappa shape index (κ1) is 19.6. The molecule has 1 atom stereocenters. The second-order valence-corrected chi connectivity index (χ2v) is 6.16. The van der Waals surface area contributed by atoms with Crippen molar-refractivity contribution in [1.82, 2.24) is 10.6 Å². The lowest BCUT2D eigenvalue weighted by molar-refractivity contribution is -0.121. The molecule has 0 spiro atoms. The van der Waals surface area contributed by atoms with Gasteiger partial charge in [0.1, 0.15) is 6.23 Å². The van der Waals surface area contributed by atoms with Gasteiger partial charge in [-0.15, -0.1) is 0 Å². The van der Waals surface area contributed by atoms with Gasteiger partial charge in [0.05, 0.1) is 18.2 Å². The molecule has 2 aromatic rings. The first-order chi connectivity index (χ1) is 12.6. The highest BCUT2D eigenvalue weighted by molar-refractivity contribution is 5.75. The predicted molar refractivity (Wildman–Crippen MR) is 102 cm³/mol. The number of aliphatic hydroxyl groups excluding tert-OH is 1. The molecule has 0 fully saturated rings. The van der Waals surface area contributed by atoms with Crippen LogP contribution in [0.25, 0.3) is 11.1 Å². The summed E-state index contributed by atoms with van der Waals surface area (Å²) >= 11 is 0. The summed E-state index contributed by atoms with van der Waals surface area (Å²) in [5, 5.41) is 24.8. The number of carbonyl (C=O) groups excluding carboxylic acids is 1. The van der Waals surface area contributed by atoms with Gasteiger partial charge in [0.25, 0.3) is 0 Å². The lowest BCUT2D eigenvalue weighted by atomic mass is 9.99. The maximum Gasteiger partial charge on any atom is 0.220 e. The number of nitriles is 1. The number of carbonyl (C=O) groups is 1. The SMILES string of the molecule is CCCCC(=O)NCC(O)NCc1ccc(-c2ccccc2C#N)cc1. The maximum absolute atomic E-state index is 11.5. The van der Waals surface area contributed by atoms with Crippen molar-refractivity contribution in [3.8, 4) is 17.2 Å². The Morgan fingerprint density at radius 2 is 1.92 bits per heavy atom. The zero-order valence-corrected chi connectivity index (χ0v) is 15.0. The molecule has 0 aromatic heterocycles. The van der Waals surface area contributed by atoms with Gasteiger partial charge in [-0.3, -0.25) is 10.1 Å². The van der Waals surface area contributed by atoms with Crippen molar-refractivity contribution in [2.75, 3.05) is 6.54 Å². The van der Waals surface area contributed by atoms with Crippen LogP contribution in [-0.4, -0.2) is 23.8 Å². The van der Waals surface area contributed by atoms with Crippen molar-refractivity contribution in [2.45, 2.75) is 39.0 Å². The first-order valence-electron chi connectivity index (χ1n) is 8.90. The summed E-state index contributed by atoms with van der Waals surface area (Å²) < 4.78 is 0. The molecule has 0 radical (unpaired) electrons. The Bertz CT molecular complexity index is 751. The van der Waals surface area contributed by atoms with Crippen LogP contribution in [0, 0.1) is 11.3 Å². The normalized spacial score (nSPS) is 11.6. The molecule has 0 saturated heterocycles. The average Bonchev–Trinajstić information content (AvgIpc) is 2.69. The summed E-state index contributed by atoms with van der Waals surface area (Å²) in [5.41, 5.74) is 3.55. The molecule has 2 rings (SSSR count). The third-order valence-electron chi connectivity index (χ3n) is 4.10. The Balaban J connectivity index is 1.84. The van der Waals surface area contributed by atoms with E-state index in [1.54, 1.807) is 6.07 Å². The fourth-order valence-electron chi connectivity index (χ4n) is 2.58. The average molecular weight is 351 g/mol. The van der Waals surface area contributed by atoms with Crippen LogP contribution in [-0.2, 0) is 11.3 Å². The van der Waals surface area contributed by atoms with Gasteiger partial charge in [-0.1, -0.05) is 55.8 Å². The zero-order chi connectivity index (χ0) is 18.8.